The van der Waals surface area contributed by atoms with E-state index in [0.29, 0.717) is 51.2 Å². The highest BCUT2D eigenvalue weighted by atomic mass is 16.5. The molecule has 1 aliphatic heterocycles. The summed E-state index contributed by atoms with van der Waals surface area (Å²) in [6.07, 6.45) is 0. The molecule has 4 rings (SSSR count). The van der Waals surface area contributed by atoms with Crippen molar-refractivity contribution in [1.29, 1.82) is 0 Å². The first kappa shape index (κ1) is 26.4. The number of hydrogen-bond donors (Lipinski definition) is 0. The molecule has 0 bridgehead atoms. The van der Waals surface area contributed by atoms with Crippen LogP contribution in [0.5, 0.6) is 34.5 Å². The topological polar surface area (TPSA) is 92.8 Å². The minimum Gasteiger partial charge on any atom is -0.497 e. The van der Waals surface area contributed by atoms with Crippen molar-refractivity contribution in [3.8, 4) is 34.5 Å². The van der Waals surface area contributed by atoms with Crippen molar-refractivity contribution in [3.63, 3.8) is 0 Å². The number of carbonyl (C=O) groups is 2. The van der Waals surface area contributed by atoms with Crippen LogP contribution in [-0.4, -0.2) is 59.4 Å². The van der Waals surface area contributed by atoms with Crippen LogP contribution in [0.15, 0.2) is 54.6 Å². The summed E-state index contributed by atoms with van der Waals surface area (Å²) in [7, 11) is 9.12. The largest absolute Gasteiger partial charge is 0.497 e. The predicted octanol–water partition coefficient (Wildman–Crippen LogP) is 4.22. The Labute approximate surface area is 221 Å². The van der Waals surface area contributed by atoms with Crippen LogP contribution in [-0.2, 0) is 16.1 Å². The standard InChI is InChI=1S/C29H29NO8/c1-33-20-10-7-18(8-11-20)25-26(19-9-12-21(34-2)22(15-19)35-3)29(32)30(28(25)31)16-17-13-23(36-4)27(38-6)24(14-17)37-5/h7-15H,16H2,1-6H3. The summed E-state index contributed by atoms with van der Waals surface area (Å²) in [6, 6.07) is 15.5. The van der Waals surface area contributed by atoms with Gasteiger partial charge in [0.15, 0.2) is 23.0 Å². The van der Waals surface area contributed by atoms with Crippen LogP contribution >= 0.6 is 0 Å². The first-order valence-corrected chi connectivity index (χ1v) is 11.7. The Morgan fingerprint density at radius 2 is 1.08 bits per heavy atom. The van der Waals surface area contributed by atoms with E-state index in [1.54, 1.807) is 61.7 Å². The Balaban J connectivity index is 1.82. The molecule has 0 spiro atoms. The molecule has 0 fully saturated rings. The van der Waals surface area contributed by atoms with Crippen molar-refractivity contribution in [2.75, 3.05) is 42.7 Å². The van der Waals surface area contributed by atoms with Gasteiger partial charge in [0, 0.05) is 0 Å². The Morgan fingerprint density at radius 3 is 1.58 bits per heavy atom. The maximum absolute atomic E-state index is 13.9. The van der Waals surface area contributed by atoms with E-state index in [2.05, 4.69) is 0 Å². The second-order valence-corrected chi connectivity index (χ2v) is 8.28. The van der Waals surface area contributed by atoms with E-state index < -0.39 is 11.8 Å². The Hall–Kier alpha value is -4.66. The number of benzene rings is 3. The van der Waals surface area contributed by atoms with Gasteiger partial charge in [0.05, 0.1) is 60.3 Å². The van der Waals surface area contributed by atoms with Crippen LogP contribution in [0.25, 0.3) is 11.1 Å². The van der Waals surface area contributed by atoms with Crippen LogP contribution in [0.3, 0.4) is 0 Å². The van der Waals surface area contributed by atoms with Gasteiger partial charge < -0.3 is 28.4 Å². The van der Waals surface area contributed by atoms with Gasteiger partial charge in [-0.1, -0.05) is 18.2 Å². The summed E-state index contributed by atoms with van der Waals surface area (Å²) in [4.78, 5) is 28.9. The highest BCUT2D eigenvalue weighted by Gasteiger charge is 2.40. The van der Waals surface area contributed by atoms with Gasteiger partial charge in [-0.15, -0.1) is 0 Å². The number of hydrogen-bond acceptors (Lipinski definition) is 8. The summed E-state index contributed by atoms with van der Waals surface area (Å²) >= 11 is 0. The van der Waals surface area contributed by atoms with Crippen molar-refractivity contribution >= 4 is 23.0 Å². The summed E-state index contributed by atoms with van der Waals surface area (Å²) in [5, 5.41) is 0. The number of methoxy groups -OCH3 is 6. The molecule has 38 heavy (non-hydrogen) atoms. The third-order valence-electron chi connectivity index (χ3n) is 6.28. The molecule has 9 nitrogen and oxygen atoms in total. The van der Waals surface area contributed by atoms with Crippen LogP contribution in [0.2, 0.25) is 0 Å². The molecule has 198 valence electrons. The lowest BCUT2D eigenvalue weighted by Crippen LogP contribution is -2.31. The first-order chi connectivity index (χ1) is 18.4. The van der Waals surface area contributed by atoms with Gasteiger partial charge in [0.2, 0.25) is 5.75 Å². The van der Waals surface area contributed by atoms with Gasteiger partial charge in [-0.2, -0.15) is 0 Å². The fourth-order valence-electron chi connectivity index (χ4n) is 4.41. The Bertz CT molecular complexity index is 1370. The normalized spacial score (nSPS) is 13.1. The fourth-order valence-corrected chi connectivity index (χ4v) is 4.41. The molecule has 0 atom stereocenters. The highest BCUT2D eigenvalue weighted by Crippen LogP contribution is 2.42. The minimum atomic E-state index is -0.443. The molecule has 1 aliphatic rings. The first-order valence-electron chi connectivity index (χ1n) is 11.7. The Kier molecular flexibility index (Phi) is 7.76. The summed E-state index contributed by atoms with van der Waals surface area (Å²) in [6.45, 7) is -0.00910. The number of ether oxygens (including phenoxy) is 6. The van der Waals surface area contributed by atoms with Gasteiger partial charge in [-0.05, 0) is 53.1 Å². The van der Waals surface area contributed by atoms with Crippen LogP contribution in [0.4, 0.5) is 0 Å². The average Bonchev–Trinajstić information content (AvgIpc) is 3.20. The molecule has 0 radical (unpaired) electrons. The predicted molar refractivity (Wildman–Crippen MR) is 141 cm³/mol. The lowest BCUT2D eigenvalue weighted by atomic mass is 9.96. The zero-order chi connectivity index (χ0) is 27.4. The number of carbonyl (C=O) groups excluding carboxylic acids is 2. The average molecular weight is 520 g/mol. The van der Waals surface area contributed by atoms with Gasteiger partial charge in [0.25, 0.3) is 11.8 Å². The molecule has 9 heteroatoms. The lowest BCUT2D eigenvalue weighted by Gasteiger charge is -2.18. The van der Waals surface area contributed by atoms with E-state index in [1.807, 2.05) is 0 Å². The van der Waals surface area contributed by atoms with Gasteiger partial charge >= 0.3 is 0 Å². The number of rotatable bonds is 10. The van der Waals surface area contributed by atoms with E-state index in [1.165, 1.54) is 40.4 Å². The molecular formula is C29H29NO8. The van der Waals surface area contributed by atoms with Crippen molar-refractivity contribution in [3.05, 3.63) is 71.3 Å². The summed E-state index contributed by atoms with van der Waals surface area (Å²) < 4.78 is 32.4. The molecule has 0 N–H and O–H groups in total. The second kappa shape index (κ2) is 11.2. The summed E-state index contributed by atoms with van der Waals surface area (Å²) in [5.74, 6) is 1.96. The Morgan fingerprint density at radius 1 is 0.553 bits per heavy atom. The van der Waals surface area contributed by atoms with Gasteiger partial charge in [-0.25, -0.2) is 0 Å². The van der Waals surface area contributed by atoms with E-state index in [4.69, 9.17) is 28.4 Å². The number of imide groups is 1. The monoisotopic (exact) mass is 519 g/mol. The zero-order valence-corrected chi connectivity index (χ0v) is 22.1. The van der Waals surface area contributed by atoms with Crippen molar-refractivity contribution in [2.24, 2.45) is 0 Å². The minimum absolute atomic E-state index is 0.00910. The molecule has 3 aromatic carbocycles. The second-order valence-electron chi connectivity index (χ2n) is 8.28. The van der Waals surface area contributed by atoms with E-state index in [9.17, 15) is 9.59 Å². The quantitative estimate of drug-likeness (QED) is 0.368. The van der Waals surface area contributed by atoms with E-state index >= 15 is 0 Å². The lowest BCUT2D eigenvalue weighted by molar-refractivity contribution is -0.136. The van der Waals surface area contributed by atoms with Gasteiger partial charge in [-0.3, -0.25) is 14.5 Å². The third-order valence-corrected chi connectivity index (χ3v) is 6.28. The van der Waals surface area contributed by atoms with Crippen LogP contribution in [0.1, 0.15) is 16.7 Å². The molecule has 0 aliphatic carbocycles. The van der Waals surface area contributed by atoms with Crippen molar-refractivity contribution in [2.45, 2.75) is 6.54 Å². The fraction of sp³-hybridized carbons (Fsp3) is 0.241. The maximum Gasteiger partial charge on any atom is 0.262 e. The molecule has 3 aromatic rings. The van der Waals surface area contributed by atoms with E-state index in [0.717, 1.165) is 0 Å². The maximum atomic E-state index is 13.9. The number of nitrogens with zero attached hydrogens (tertiary/aromatic N) is 1. The van der Waals surface area contributed by atoms with Gasteiger partial charge in [0.1, 0.15) is 5.75 Å². The smallest absolute Gasteiger partial charge is 0.262 e. The van der Waals surface area contributed by atoms with Crippen LogP contribution < -0.4 is 28.4 Å². The molecule has 0 aromatic heterocycles. The molecule has 2 amide bonds. The SMILES string of the molecule is COc1ccc(C2=C(c3ccc(OC)c(OC)c3)C(=O)N(Cc3cc(OC)c(OC)c(OC)c3)C2=O)cc1. The van der Waals surface area contributed by atoms with Crippen molar-refractivity contribution in [1.82, 2.24) is 4.90 Å². The van der Waals surface area contributed by atoms with E-state index in [-0.39, 0.29) is 17.7 Å². The molecule has 0 saturated carbocycles. The van der Waals surface area contributed by atoms with Crippen molar-refractivity contribution < 1.29 is 38.0 Å². The molecule has 1 heterocycles. The molecule has 0 unspecified atom stereocenters. The molecular weight excluding hydrogens is 490 g/mol. The molecule has 0 saturated heterocycles. The third kappa shape index (κ3) is 4.70. The van der Waals surface area contributed by atoms with Crippen LogP contribution in [0, 0.1) is 0 Å². The summed E-state index contributed by atoms with van der Waals surface area (Å²) in [5.41, 5.74) is 2.27. The number of amides is 2. The highest BCUT2D eigenvalue weighted by molar-refractivity contribution is 6.49. The zero-order valence-electron chi connectivity index (χ0n) is 22.1.